The van der Waals surface area contributed by atoms with Crippen molar-refractivity contribution in [3.05, 3.63) is 42.6 Å². The summed E-state index contributed by atoms with van der Waals surface area (Å²) in [6.45, 7) is 0. The standard InChI is InChI=1S/C10H8FN3/c11-8-3-1-2-7(10(8)12)9-6-13-4-5-14-9/h1-6H,12H2. The number of benzene rings is 1. The summed E-state index contributed by atoms with van der Waals surface area (Å²) >= 11 is 0. The van der Waals surface area contributed by atoms with Crippen LogP contribution in [-0.2, 0) is 0 Å². The minimum absolute atomic E-state index is 0.105. The summed E-state index contributed by atoms with van der Waals surface area (Å²) in [6.07, 6.45) is 4.64. The van der Waals surface area contributed by atoms with E-state index in [4.69, 9.17) is 5.73 Å². The lowest BCUT2D eigenvalue weighted by Crippen LogP contribution is -1.95. The van der Waals surface area contributed by atoms with Crippen molar-refractivity contribution in [2.75, 3.05) is 5.73 Å². The van der Waals surface area contributed by atoms with Crippen molar-refractivity contribution in [2.24, 2.45) is 0 Å². The molecule has 0 atom stereocenters. The monoisotopic (exact) mass is 189 g/mol. The van der Waals surface area contributed by atoms with E-state index < -0.39 is 5.82 Å². The SMILES string of the molecule is Nc1c(F)cccc1-c1cnccn1. The summed E-state index contributed by atoms with van der Waals surface area (Å²) in [5, 5.41) is 0. The fraction of sp³-hybridized carbons (Fsp3) is 0. The lowest BCUT2D eigenvalue weighted by Gasteiger charge is -2.04. The molecule has 14 heavy (non-hydrogen) atoms. The molecule has 3 nitrogen and oxygen atoms in total. The number of rotatable bonds is 1. The van der Waals surface area contributed by atoms with Crippen molar-refractivity contribution >= 4 is 5.69 Å². The van der Waals surface area contributed by atoms with E-state index in [2.05, 4.69) is 9.97 Å². The van der Waals surface area contributed by atoms with Crippen LogP contribution in [0, 0.1) is 5.82 Å². The minimum Gasteiger partial charge on any atom is -0.396 e. The average Bonchev–Trinajstić information content (AvgIpc) is 2.23. The molecular weight excluding hydrogens is 181 g/mol. The molecule has 2 N–H and O–H groups in total. The Morgan fingerprint density at radius 3 is 2.79 bits per heavy atom. The van der Waals surface area contributed by atoms with Gasteiger partial charge in [0.15, 0.2) is 0 Å². The fourth-order valence-electron chi connectivity index (χ4n) is 1.20. The van der Waals surface area contributed by atoms with Crippen molar-refractivity contribution in [1.82, 2.24) is 9.97 Å². The lowest BCUT2D eigenvalue weighted by atomic mass is 10.1. The van der Waals surface area contributed by atoms with Gasteiger partial charge in [-0.15, -0.1) is 0 Å². The van der Waals surface area contributed by atoms with Crippen LogP contribution in [-0.4, -0.2) is 9.97 Å². The molecule has 0 aliphatic heterocycles. The molecule has 0 unspecified atom stereocenters. The maximum atomic E-state index is 13.1. The molecule has 0 radical (unpaired) electrons. The first-order chi connectivity index (χ1) is 6.79. The second-order valence-corrected chi connectivity index (χ2v) is 2.79. The molecule has 0 saturated carbocycles. The second-order valence-electron chi connectivity index (χ2n) is 2.79. The number of hydrogen-bond acceptors (Lipinski definition) is 3. The lowest BCUT2D eigenvalue weighted by molar-refractivity contribution is 0.633. The molecular formula is C10H8FN3. The van der Waals surface area contributed by atoms with Crippen molar-refractivity contribution in [2.45, 2.75) is 0 Å². The van der Waals surface area contributed by atoms with Crippen LogP contribution in [0.15, 0.2) is 36.8 Å². The van der Waals surface area contributed by atoms with Crippen LogP contribution in [0.4, 0.5) is 10.1 Å². The van der Waals surface area contributed by atoms with E-state index in [1.165, 1.54) is 6.07 Å². The summed E-state index contributed by atoms with van der Waals surface area (Å²) in [6, 6.07) is 4.62. The molecule has 0 aliphatic rings. The first-order valence-corrected chi connectivity index (χ1v) is 4.09. The summed E-state index contributed by atoms with van der Waals surface area (Å²) in [4.78, 5) is 7.93. The molecule has 0 spiro atoms. The highest BCUT2D eigenvalue weighted by Gasteiger charge is 2.06. The van der Waals surface area contributed by atoms with Crippen molar-refractivity contribution in [3.8, 4) is 11.3 Å². The van der Waals surface area contributed by atoms with Crippen molar-refractivity contribution in [3.63, 3.8) is 0 Å². The molecule has 4 heteroatoms. The zero-order valence-electron chi connectivity index (χ0n) is 7.31. The Morgan fingerprint density at radius 1 is 1.21 bits per heavy atom. The van der Waals surface area contributed by atoms with E-state index in [1.807, 2.05) is 0 Å². The number of nitrogens with zero attached hydrogens (tertiary/aromatic N) is 2. The smallest absolute Gasteiger partial charge is 0.146 e. The Balaban J connectivity index is 2.58. The fourth-order valence-corrected chi connectivity index (χ4v) is 1.20. The summed E-state index contributed by atoms with van der Waals surface area (Å²) < 4.78 is 13.1. The minimum atomic E-state index is -0.437. The zero-order valence-corrected chi connectivity index (χ0v) is 7.31. The quantitative estimate of drug-likeness (QED) is 0.696. The number of nitrogen functional groups attached to an aromatic ring is 1. The van der Waals surface area contributed by atoms with E-state index in [-0.39, 0.29) is 5.69 Å². The number of para-hydroxylation sites is 1. The Hall–Kier alpha value is -1.97. The Bertz CT molecular complexity index is 442. The second kappa shape index (κ2) is 3.41. The van der Waals surface area contributed by atoms with Gasteiger partial charge in [-0.1, -0.05) is 12.1 Å². The molecule has 70 valence electrons. The van der Waals surface area contributed by atoms with E-state index in [0.29, 0.717) is 11.3 Å². The number of nitrogens with two attached hydrogens (primary N) is 1. The van der Waals surface area contributed by atoms with Crippen LogP contribution < -0.4 is 5.73 Å². The van der Waals surface area contributed by atoms with Gasteiger partial charge in [-0.2, -0.15) is 0 Å². The molecule has 1 aromatic carbocycles. The predicted octanol–water partition coefficient (Wildman–Crippen LogP) is 1.86. The number of hydrogen-bond donors (Lipinski definition) is 1. The molecule has 0 saturated heterocycles. The van der Waals surface area contributed by atoms with Crippen LogP contribution in [0.25, 0.3) is 11.3 Å². The van der Waals surface area contributed by atoms with Gasteiger partial charge in [0.25, 0.3) is 0 Å². The third kappa shape index (κ3) is 1.42. The van der Waals surface area contributed by atoms with Gasteiger partial charge >= 0.3 is 0 Å². The molecule has 0 fully saturated rings. The highest BCUT2D eigenvalue weighted by atomic mass is 19.1. The first kappa shape index (κ1) is 8.62. The highest BCUT2D eigenvalue weighted by molar-refractivity contribution is 5.73. The maximum Gasteiger partial charge on any atom is 0.146 e. The van der Waals surface area contributed by atoms with Crippen LogP contribution in [0.3, 0.4) is 0 Å². The van der Waals surface area contributed by atoms with Crippen LogP contribution in [0.1, 0.15) is 0 Å². The first-order valence-electron chi connectivity index (χ1n) is 4.09. The van der Waals surface area contributed by atoms with Crippen molar-refractivity contribution in [1.29, 1.82) is 0 Å². The third-order valence-electron chi connectivity index (χ3n) is 1.89. The van der Waals surface area contributed by atoms with Crippen LogP contribution >= 0.6 is 0 Å². The van der Waals surface area contributed by atoms with Gasteiger partial charge < -0.3 is 5.73 Å². The maximum absolute atomic E-state index is 13.1. The van der Waals surface area contributed by atoms with E-state index in [0.717, 1.165) is 0 Å². The molecule has 2 aromatic rings. The van der Waals surface area contributed by atoms with Gasteiger partial charge in [0, 0.05) is 18.0 Å². The topological polar surface area (TPSA) is 51.8 Å². The highest BCUT2D eigenvalue weighted by Crippen LogP contribution is 2.24. The molecule has 0 aliphatic carbocycles. The molecule has 2 rings (SSSR count). The molecule has 1 aromatic heterocycles. The van der Waals surface area contributed by atoms with E-state index >= 15 is 0 Å². The normalized spacial score (nSPS) is 10.1. The van der Waals surface area contributed by atoms with Crippen molar-refractivity contribution < 1.29 is 4.39 Å². The summed E-state index contributed by atoms with van der Waals surface area (Å²) in [5.74, 6) is -0.437. The molecule has 0 bridgehead atoms. The van der Waals surface area contributed by atoms with E-state index in [9.17, 15) is 4.39 Å². The molecule has 1 heterocycles. The third-order valence-corrected chi connectivity index (χ3v) is 1.89. The Labute approximate surface area is 80.4 Å². The van der Waals surface area contributed by atoms with Crippen LogP contribution in [0.5, 0.6) is 0 Å². The molecule has 0 amide bonds. The zero-order chi connectivity index (χ0) is 9.97. The number of aromatic nitrogens is 2. The van der Waals surface area contributed by atoms with E-state index in [1.54, 1.807) is 30.7 Å². The Morgan fingerprint density at radius 2 is 2.07 bits per heavy atom. The van der Waals surface area contributed by atoms with Gasteiger partial charge in [0.1, 0.15) is 5.82 Å². The van der Waals surface area contributed by atoms with Gasteiger partial charge in [-0.05, 0) is 6.07 Å². The number of halogens is 1. The largest absolute Gasteiger partial charge is 0.396 e. The number of anilines is 1. The van der Waals surface area contributed by atoms with Gasteiger partial charge in [-0.25, -0.2) is 4.39 Å². The van der Waals surface area contributed by atoms with Crippen LogP contribution in [0.2, 0.25) is 0 Å². The van der Waals surface area contributed by atoms with Gasteiger partial charge in [0.05, 0.1) is 17.6 Å². The van der Waals surface area contributed by atoms with Gasteiger partial charge in [-0.3, -0.25) is 9.97 Å². The summed E-state index contributed by atoms with van der Waals surface area (Å²) in [5.41, 5.74) is 6.82. The van der Waals surface area contributed by atoms with Gasteiger partial charge in [0.2, 0.25) is 0 Å². The summed E-state index contributed by atoms with van der Waals surface area (Å²) in [7, 11) is 0. The Kier molecular flexibility index (Phi) is 2.10. The average molecular weight is 189 g/mol. The predicted molar refractivity (Wildman–Crippen MR) is 51.8 cm³/mol.